The molecule has 0 spiro atoms. The fourth-order valence-corrected chi connectivity index (χ4v) is 0.653. The van der Waals surface area contributed by atoms with Gasteiger partial charge in [-0.25, -0.2) is 9.78 Å². The summed E-state index contributed by atoms with van der Waals surface area (Å²) in [4.78, 5) is 14.1. The van der Waals surface area contributed by atoms with Crippen molar-refractivity contribution < 1.29 is 14.3 Å². The molecule has 0 saturated heterocycles. The van der Waals surface area contributed by atoms with Crippen LogP contribution in [0, 0.1) is 0 Å². The number of aromatic nitrogens is 1. The van der Waals surface area contributed by atoms with E-state index in [0.29, 0.717) is 5.89 Å². The highest BCUT2D eigenvalue weighted by molar-refractivity contribution is 5.83. The molecule has 1 aromatic heterocycles. The molecule has 0 fully saturated rings. The lowest BCUT2D eigenvalue weighted by Crippen LogP contribution is -1.92. The SMILES string of the molecule is CC(C)c1ncc(C(=O)O)o1. The van der Waals surface area contributed by atoms with Gasteiger partial charge in [0, 0.05) is 5.92 Å². The number of aromatic carboxylic acids is 1. The number of carboxylic acid groups (broad SMARTS) is 1. The second kappa shape index (κ2) is 2.74. The molecule has 0 radical (unpaired) electrons. The van der Waals surface area contributed by atoms with E-state index in [2.05, 4.69) is 4.98 Å². The normalized spacial score (nSPS) is 10.5. The first-order valence-electron chi connectivity index (χ1n) is 3.30. The highest BCUT2D eigenvalue weighted by atomic mass is 16.4. The molecule has 0 aliphatic carbocycles. The summed E-state index contributed by atoms with van der Waals surface area (Å²) in [6.45, 7) is 3.77. The summed E-state index contributed by atoms with van der Waals surface area (Å²) < 4.78 is 4.90. The Balaban J connectivity index is 2.90. The van der Waals surface area contributed by atoms with E-state index in [1.807, 2.05) is 13.8 Å². The van der Waals surface area contributed by atoms with Crippen molar-refractivity contribution in [1.29, 1.82) is 0 Å². The first kappa shape index (κ1) is 7.78. The molecule has 0 bridgehead atoms. The molecule has 1 heterocycles. The van der Waals surface area contributed by atoms with Crippen molar-refractivity contribution in [1.82, 2.24) is 4.98 Å². The van der Waals surface area contributed by atoms with Crippen molar-refractivity contribution >= 4 is 5.97 Å². The van der Waals surface area contributed by atoms with E-state index in [-0.39, 0.29) is 11.7 Å². The molecule has 0 unspecified atom stereocenters. The lowest BCUT2D eigenvalue weighted by molar-refractivity contribution is 0.0660. The lowest BCUT2D eigenvalue weighted by atomic mass is 10.2. The molecule has 60 valence electrons. The van der Waals surface area contributed by atoms with Gasteiger partial charge in [0.25, 0.3) is 0 Å². The Labute approximate surface area is 63.9 Å². The number of nitrogens with zero attached hydrogens (tertiary/aromatic N) is 1. The average molecular weight is 155 g/mol. The number of rotatable bonds is 2. The molecule has 4 heteroatoms. The van der Waals surface area contributed by atoms with Crippen molar-refractivity contribution in [3.8, 4) is 0 Å². The van der Waals surface area contributed by atoms with Crippen LogP contribution < -0.4 is 0 Å². The molecule has 0 aliphatic heterocycles. The lowest BCUT2D eigenvalue weighted by Gasteiger charge is -1.94. The number of oxazole rings is 1. The van der Waals surface area contributed by atoms with Gasteiger partial charge in [0.15, 0.2) is 5.89 Å². The van der Waals surface area contributed by atoms with E-state index < -0.39 is 5.97 Å². The minimum atomic E-state index is -1.08. The van der Waals surface area contributed by atoms with Crippen molar-refractivity contribution in [3.63, 3.8) is 0 Å². The Morgan fingerprint density at radius 3 is 2.64 bits per heavy atom. The van der Waals surface area contributed by atoms with E-state index in [9.17, 15) is 4.79 Å². The summed E-state index contributed by atoms with van der Waals surface area (Å²) in [7, 11) is 0. The highest BCUT2D eigenvalue weighted by Crippen LogP contribution is 2.13. The Morgan fingerprint density at radius 1 is 1.73 bits per heavy atom. The third-order valence-electron chi connectivity index (χ3n) is 1.23. The second-order valence-corrected chi connectivity index (χ2v) is 2.52. The molecule has 11 heavy (non-hydrogen) atoms. The number of hydrogen-bond acceptors (Lipinski definition) is 3. The molecule has 0 atom stereocenters. The Morgan fingerprint density at radius 2 is 2.36 bits per heavy atom. The zero-order chi connectivity index (χ0) is 8.43. The minimum absolute atomic E-state index is 0.103. The third-order valence-corrected chi connectivity index (χ3v) is 1.23. The fourth-order valence-electron chi connectivity index (χ4n) is 0.653. The predicted molar refractivity (Wildman–Crippen MR) is 37.6 cm³/mol. The van der Waals surface area contributed by atoms with Crippen LogP contribution >= 0.6 is 0 Å². The van der Waals surface area contributed by atoms with Gasteiger partial charge in [-0.3, -0.25) is 0 Å². The van der Waals surface area contributed by atoms with Gasteiger partial charge in [0.1, 0.15) is 0 Å². The van der Waals surface area contributed by atoms with Crippen LogP contribution in [0.25, 0.3) is 0 Å². The maximum absolute atomic E-state index is 10.3. The molecule has 1 N–H and O–H groups in total. The predicted octanol–water partition coefficient (Wildman–Crippen LogP) is 1.50. The third kappa shape index (κ3) is 1.58. The average Bonchev–Trinajstić information content (AvgIpc) is 2.33. The number of carboxylic acids is 1. The van der Waals surface area contributed by atoms with Gasteiger partial charge < -0.3 is 9.52 Å². The van der Waals surface area contributed by atoms with Crippen LogP contribution in [0.15, 0.2) is 10.6 Å². The Bertz CT molecular complexity index is 264. The second-order valence-electron chi connectivity index (χ2n) is 2.52. The minimum Gasteiger partial charge on any atom is -0.475 e. The van der Waals surface area contributed by atoms with Gasteiger partial charge in [-0.05, 0) is 0 Å². The van der Waals surface area contributed by atoms with Gasteiger partial charge in [-0.1, -0.05) is 13.8 Å². The first-order chi connectivity index (χ1) is 5.11. The van der Waals surface area contributed by atoms with Crippen LogP contribution in [0.2, 0.25) is 0 Å². The molecule has 0 saturated carbocycles. The summed E-state index contributed by atoms with van der Waals surface area (Å²) in [5.74, 6) is -0.594. The van der Waals surface area contributed by atoms with Crippen LogP contribution in [-0.2, 0) is 0 Å². The van der Waals surface area contributed by atoms with E-state index in [1.54, 1.807) is 0 Å². The van der Waals surface area contributed by atoms with Gasteiger partial charge in [0.2, 0.25) is 5.76 Å². The van der Waals surface area contributed by atoms with Gasteiger partial charge in [0.05, 0.1) is 6.20 Å². The summed E-state index contributed by atoms with van der Waals surface area (Å²) in [6, 6.07) is 0. The molecule has 1 aromatic rings. The van der Waals surface area contributed by atoms with Crippen molar-refractivity contribution in [2.75, 3.05) is 0 Å². The smallest absolute Gasteiger partial charge is 0.373 e. The van der Waals surface area contributed by atoms with E-state index >= 15 is 0 Å². The maximum Gasteiger partial charge on any atom is 0.373 e. The van der Waals surface area contributed by atoms with Gasteiger partial charge >= 0.3 is 5.97 Å². The van der Waals surface area contributed by atoms with Crippen LogP contribution in [0.1, 0.15) is 36.2 Å². The zero-order valence-corrected chi connectivity index (χ0v) is 6.37. The topological polar surface area (TPSA) is 63.3 Å². The summed E-state index contributed by atoms with van der Waals surface area (Å²) in [5, 5.41) is 8.45. The highest BCUT2D eigenvalue weighted by Gasteiger charge is 2.11. The summed E-state index contributed by atoms with van der Waals surface area (Å²) in [5.41, 5.74) is 0. The largest absolute Gasteiger partial charge is 0.475 e. The quantitative estimate of drug-likeness (QED) is 0.702. The fraction of sp³-hybridized carbons (Fsp3) is 0.429. The van der Waals surface area contributed by atoms with E-state index in [1.165, 1.54) is 6.20 Å². The Hall–Kier alpha value is -1.32. The van der Waals surface area contributed by atoms with E-state index in [4.69, 9.17) is 9.52 Å². The van der Waals surface area contributed by atoms with Gasteiger partial charge in [-0.15, -0.1) is 0 Å². The zero-order valence-electron chi connectivity index (χ0n) is 6.37. The van der Waals surface area contributed by atoms with Crippen LogP contribution in [-0.4, -0.2) is 16.1 Å². The molecular weight excluding hydrogens is 146 g/mol. The molecule has 0 amide bonds. The molecule has 0 aromatic carbocycles. The van der Waals surface area contributed by atoms with Crippen molar-refractivity contribution in [2.45, 2.75) is 19.8 Å². The van der Waals surface area contributed by atoms with Gasteiger partial charge in [-0.2, -0.15) is 0 Å². The van der Waals surface area contributed by atoms with Crippen LogP contribution in [0.5, 0.6) is 0 Å². The molecular formula is C7H9NO3. The summed E-state index contributed by atoms with van der Waals surface area (Å²) >= 11 is 0. The number of carbonyl (C=O) groups is 1. The monoisotopic (exact) mass is 155 g/mol. The van der Waals surface area contributed by atoms with E-state index in [0.717, 1.165) is 0 Å². The molecule has 1 rings (SSSR count). The number of hydrogen-bond donors (Lipinski definition) is 1. The standard InChI is InChI=1S/C7H9NO3/c1-4(2)6-8-3-5(11-6)7(9)10/h3-4H,1-2H3,(H,9,10). The van der Waals surface area contributed by atoms with Crippen LogP contribution in [0.3, 0.4) is 0 Å². The van der Waals surface area contributed by atoms with Crippen molar-refractivity contribution in [2.24, 2.45) is 0 Å². The summed E-state index contributed by atoms with van der Waals surface area (Å²) in [6.07, 6.45) is 1.22. The van der Waals surface area contributed by atoms with Crippen LogP contribution in [0.4, 0.5) is 0 Å². The molecule has 4 nitrogen and oxygen atoms in total. The Kier molecular flexibility index (Phi) is 1.94. The molecule has 0 aliphatic rings. The van der Waals surface area contributed by atoms with Crippen molar-refractivity contribution in [3.05, 3.63) is 17.8 Å². The maximum atomic E-state index is 10.3. The first-order valence-corrected chi connectivity index (χ1v) is 3.30.